The lowest BCUT2D eigenvalue weighted by molar-refractivity contribution is 1.70. The molecule has 0 saturated carbocycles. The molecule has 0 spiro atoms. The molecule has 10 heteroatoms. The largest absolute Gasteiger partial charge is 0.0735 e. The van der Waals surface area contributed by atoms with Crippen LogP contribution in [-0.2, 0) is 0 Å². The highest BCUT2D eigenvalue weighted by atomic mass is 30.1. The van der Waals surface area contributed by atoms with Crippen molar-refractivity contribution < 1.29 is 0 Å². The van der Waals surface area contributed by atoms with E-state index in [9.17, 15) is 0 Å². The van der Waals surface area contributed by atoms with Gasteiger partial charge in [0.15, 0.2) is 0 Å². The summed E-state index contributed by atoms with van der Waals surface area (Å²) < 4.78 is 0. The summed E-state index contributed by atoms with van der Waals surface area (Å²) in [6.07, 6.45) is 0. The Kier molecular flexibility index (Phi) is 10.8. The van der Waals surface area contributed by atoms with Gasteiger partial charge in [0, 0.05) is 56.9 Å². The number of benzene rings is 2. The Balaban J connectivity index is 2.71. The van der Waals surface area contributed by atoms with Crippen molar-refractivity contribution in [3.63, 3.8) is 0 Å². The Hall–Kier alpha value is 0.609. The lowest BCUT2D eigenvalue weighted by Crippen LogP contribution is -2.95. The van der Waals surface area contributed by atoms with Crippen molar-refractivity contribution in [3.8, 4) is 0 Å². The molecule has 0 aliphatic heterocycles. The van der Waals surface area contributed by atoms with Gasteiger partial charge in [-0.05, 0) is 0 Å². The number of hydrogen-bond donors (Lipinski definition) is 0. The van der Waals surface area contributed by atoms with Crippen LogP contribution in [0.4, 0.5) is 0 Å². The molecule has 0 heterocycles. The summed E-state index contributed by atoms with van der Waals surface area (Å²) in [5.74, 6) is 0. The first-order valence-electron chi connectivity index (χ1n) is 16.6. The highest BCUT2D eigenvalue weighted by Gasteiger charge is 2.72. The van der Waals surface area contributed by atoms with Crippen LogP contribution in [0.2, 0.25) is 131 Å². The molecule has 0 bridgehead atoms. The average Bonchev–Trinajstić information content (AvgIpc) is 2.88. The van der Waals surface area contributed by atoms with E-state index in [0.29, 0.717) is 0 Å². The summed E-state index contributed by atoms with van der Waals surface area (Å²) >= 11 is 0. The maximum atomic E-state index is 3.00. The van der Waals surface area contributed by atoms with Crippen molar-refractivity contribution in [2.45, 2.75) is 131 Å². The minimum absolute atomic E-state index is 1.50. The minimum atomic E-state index is -1.56. The van der Waals surface area contributed by atoms with Crippen molar-refractivity contribution in [1.29, 1.82) is 0 Å². The minimum Gasteiger partial charge on any atom is -0.0735 e. The van der Waals surface area contributed by atoms with E-state index in [1.54, 1.807) is 10.4 Å². The third kappa shape index (κ3) is 5.30. The maximum Gasteiger partial charge on any atom is 0.0711 e. The molecular weight excluding hydrogens is 665 g/mol. The van der Waals surface area contributed by atoms with Crippen LogP contribution in [0.15, 0.2) is 60.7 Å². The van der Waals surface area contributed by atoms with Gasteiger partial charge in [0.1, 0.15) is 0 Å². The Morgan fingerprint density at radius 2 is 0.405 bits per heavy atom. The lowest BCUT2D eigenvalue weighted by atomic mass is 10.4. The topological polar surface area (TPSA) is 0 Å². The van der Waals surface area contributed by atoms with Gasteiger partial charge in [-0.25, -0.2) is 0 Å². The molecule has 0 aliphatic carbocycles. The van der Waals surface area contributed by atoms with E-state index in [2.05, 4.69) is 192 Å². The zero-order chi connectivity index (χ0) is 33.2. The molecule has 0 aliphatic rings. The van der Waals surface area contributed by atoms with Gasteiger partial charge in [-0.1, -0.05) is 202 Å². The van der Waals surface area contributed by atoms with Gasteiger partial charge in [0.2, 0.25) is 0 Å². The van der Waals surface area contributed by atoms with Gasteiger partial charge in [-0.15, -0.1) is 0 Å². The van der Waals surface area contributed by atoms with E-state index < -0.39 is 72.1 Å². The summed E-state index contributed by atoms with van der Waals surface area (Å²) in [6.45, 7) is 58.3. The Bertz CT molecular complexity index is 1130. The standard InChI is InChI=1S/C32H70Si10/c1-33(2,31-27-23-21-24-28-31)35(5,6)37(9,10)39(13,14)41(17,18)42(19,20)40(15,16)38(11,12)36(7,8)34(3,4)32-29-25-22-26-30-32/h21-30H,1-20H3. The summed E-state index contributed by atoms with van der Waals surface area (Å²) in [6, 6.07) is 23.7. The second-order valence-electron chi connectivity index (χ2n) is 19.0. The van der Waals surface area contributed by atoms with E-state index in [-0.39, 0.29) is 0 Å². The molecule has 0 N–H and O–H groups in total. The third-order valence-corrected chi connectivity index (χ3v) is 241. The Morgan fingerprint density at radius 3 is 0.595 bits per heavy atom. The zero-order valence-corrected chi connectivity index (χ0v) is 41.8. The van der Waals surface area contributed by atoms with Crippen molar-refractivity contribution in [2.24, 2.45) is 0 Å². The second kappa shape index (κ2) is 11.7. The molecule has 0 fully saturated rings. The molecule has 0 amide bonds. The molecule has 2 aromatic carbocycles. The number of hydrogen-bond acceptors (Lipinski definition) is 0. The molecule has 0 atom stereocenters. The van der Waals surface area contributed by atoms with Crippen molar-refractivity contribution >= 4 is 82.4 Å². The first kappa shape index (κ1) is 38.8. The predicted molar refractivity (Wildman–Crippen MR) is 227 cm³/mol. The fourth-order valence-corrected chi connectivity index (χ4v) is 321. The quantitative estimate of drug-likeness (QED) is 0.202. The molecule has 0 nitrogen and oxygen atoms in total. The van der Waals surface area contributed by atoms with E-state index in [1.165, 1.54) is 0 Å². The maximum absolute atomic E-state index is 3.00. The predicted octanol–water partition coefficient (Wildman–Crippen LogP) is 9.59. The average molecular weight is 736 g/mol. The SMILES string of the molecule is C[Si](C)(c1ccccc1)[Si](C)(C)[Si](C)(C)[Si](C)(C)[Si](C)(C)[Si](C)(C)[Si](C)(C)[Si](C)(C)[Si](C)(C)[Si](C)(C)c1ccccc1. The van der Waals surface area contributed by atoms with Gasteiger partial charge in [-0.3, -0.25) is 0 Å². The van der Waals surface area contributed by atoms with Crippen LogP contribution in [-0.4, -0.2) is 72.1 Å². The van der Waals surface area contributed by atoms with Gasteiger partial charge in [0.05, 0.1) is 15.2 Å². The highest BCUT2D eigenvalue weighted by Crippen LogP contribution is 2.47. The van der Waals surface area contributed by atoms with Crippen LogP contribution in [0.5, 0.6) is 0 Å². The smallest absolute Gasteiger partial charge is 0.0711 e. The summed E-state index contributed by atoms with van der Waals surface area (Å²) in [7, 11) is -15.2. The summed E-state index contributed by atoms with van der Waals surface area (Å²) in [5, 5.41) is 3.46. The van der Waals surface area contributed by atoms with Gasteiger partial charge in [0.25, 0.3) is 0 Å². The molecular formula is C32H70Si10. The fourth-order valence-electron chi connectivity index (χ4n) is 8.68. The van der Waals surface area contributed by atoms with E-state index in [1.807, 2.05) is 0 Å². The normalized spacial score (nSPS) is 15.6. The summed E-state index contributed by atoms with van der Waals surface area (Å²) in [4.78, 5) is 0. The fraction of sp³-hybridized carbons (Fsp3) is 0.625. The molecule has 42 heavy (non-hydrogen) atoms. The zero-order valence-electron chi connectivity index (χ0n) is 31.8. The van der Waals surface area contributed by atoms with E-state index >= 15 is 0 Å². The van der Waals surface area contributed by atoms with Crippen LogP contribution < -0.4 is 10.4 Å². The van der Waals surface area contributed by atoms with Crippen LogP contribution in [0.1, 0.15) is 0 Å². The molecule has 0 radical (unpaired) electrons. The van der Waals surface area contributed by atoms with Gasteiger partial charge < -0.3 is 0 Å². The molecule has 0 unspecified atom stereocenters. The van der Waals surface area contributed by atoms with Crippen LogP contribution in [0.25, 0.3) is 0 Å². The second-order valence-corrected chi connectivity index (χ2v) is 132. The van der Waals surface area contributed by atoms with Gasteiger partial charge >= 0.3 is 0 Å². The molecule has 0 saturated heterocycles. The highest BCUT2D eigenvalue weighted by molar-refractivity contribution is 8.07. The molecule has 0 aromatic heterocycles. The van der Waals surface area contributed by atoms with E-state index in [4.69, 9.17) is 0 Å². The Labute approximate surface area is 272 Å². The Morgan fingerprint density at radius 1 is 0.238 bits per heavy atom. The monoisotopic (exact) mass is 734 g/mol. The van der Waals surface area contributed by atoms with Crippen LogP contribution in [0, 0.1) is 0 Å². The molecule has 238 valence electrons. The molecule has 2 aromatic rings. The number of rotatable bonds is 11. The molecule has 2 rings (SSSR count). The first-order valence-corrected chi connectivity index (χ1v) is 55.6. The first-order chi connectivity index (χ1) is 18.5. The van der Waals surface area contributed by atoms with E-state index in [0.717, 1.165) is 0 Å². The van der Waals surface area contributed by atoms with Crippen LogP contribution in [0.3, 0.4) is 0 Å². The van der Waals surface area contributed by atoms with Crippen molar-refractivity contribution in [1.82, 2.24) is 0 Å². The third-order valence-electron chi connectivity index (χ3n) is 17.1. The van der Waals surface area contributed by atoms with Crippen molar-refractivity contribution in [3.05, 3.63) is 60.7 Å². The van der Waals surface area contributed by atoms with Crippen LogP contribution >= 0.6 is 0 Å². The van der Waals surface area contributed by atoms with Gasteiger partial charge in [-0.2, -0.15) is 0 Å². The lowest BCUT2D eigenvalue weighted by Gasteiger charge is -2.67. The van der Waals surface area contributed by atoms with Crippen molar-refractivity contribution in [2.75, 3.05) is 0 Å². The summed E-state index contributed by atoms with van der Waals surface area (Å²) in [5.41, 5.74) is 0.